The van der Waals surface area contributed by atoms with E-state index in [9.17, 15) is 9.18 Å². The lowest BCUT2D eigenvalue weighted by Crippen LogP contribution is -2.20. The molecule has 122 valence electrons. The summed E-state index contributed by atoms with van der Waals surface area (Å²) in [7, 11) is 0. The average Bonchev–Trinajstić information content (AvgIpc) is 3.00. The number of carbonyl (C=O) groups excluding carboxylic acids is 1. The maximum Gasteiger partial charge on any atom is 0.248 e. The number of amides is 1. The standard InChI is InChI=1S/C15H10Cl2FN5O/c16-10-3-6-12(17)13(7-10)19-14(24)8-23-21-15(20-22-23)9-1-4-11(18)5-2-9/h1-7H,8H2,(H,19,24). The van der Waals surface area contributed by atoms with Crippen LogP contribution in [0, 0.1) is 5.82 Å². The number of hydrogen-bond acceptors (Lipinski definition) is 4. The van der Waals surface area contributed by atoms with Gasteiger partial charge in [0.2, 0.25) is 11.7 Å². The molecule has 9 heteroatoms. The molecule has 0 spiro atoms. The van der Waals surface area contributed by atoms with Crippen molar-refractivity contribution in [1.29, 1.82) is 0 Å². The van der Waals surface area contributed by atoms with Crippen LogP contribution in [-0.4, -0.2) is 26.1 Å². The molecule has 1 N–H and O–H groups in total. The normalized spacial score (nSPS) is 10.6. The molecule has 24 heavy (non-hydrogen) atoms. The van der Waals surface area contributed by atoms with Gasteiger partial charge in [0.1, 0.15) is 12.4 Å². The zero-order valence-corrected chi connectivity index (χ0v) is 13.6. The van der Waals surface area contributed by atoms with E-state index in [-0.39, 0.29) is 18.3 Å². The lowest BCUT2D eigenvalue weighted by Gasteiger charge is -2.06. The summed E-state index contributed by atoms with van der Waals surface area (Å²) in [6.45, 7) is -0.156. The lowest BCUT2D eigenvalue weighted by molar-refractivity contribution is -0.117. The lowest BCUT2D eigenvalue weighted by atomic mass is 10.2. The van der Waals surface area contributed by atoms with Gasteiger partial charge in [-0.25, -0.2) is 4.39 Å². The second-order valence-electron chi connectivity index (χ2n) is 4.82. The Bertz CT molecular complexity index is 882. The predicted molar refractivity (Wildman–Crippen MR) is 88.3 cm³/mol. The van der Waals surface area contributed by atoms with Crippen LogP contribution in [0.25, 0.3) is 11.4 Å². The molecule has 1 amide bonds. The SMILES string of the molecule is O=C(Cn1nnc(-c2ccc(F)cc2)n1)Nc1cc(Cl)ccc1Cl. The number of benzene rings is 2. The van der Waals surface area contributed by atoms with E-state index in [1.165, 1.54) is 24.3 Å². The van der Waals surface area contributed by atoms with E-state index < -0.39 is 0 Å². The number of aromatic nitrogens is 4. The van der Waals surface area contributed by atoms with Crippen molar-refractivity contribution in [2.45, 2.75) is 6.54 Å². The van der Waals surface area contributed by atoms with Crippen molar-refractivity contribution in [2.24, 2.45) is 0 Å². The second kappa shape index (κ2) is 6.94. The summed E-state index contributed by atoms with van der Waals surface area (Å²) in [6, 6.07) is 10.4. The van der Waals surface area contributed by atoms with Gasteiger partial charge >= 0.3 is 0 Å². The third kappa shape index (κ3) is 3.87. The minimum Gasteiger partial charge on any atom is -0.323 e. The third-order valence-corrected chi connectivity index (χ3v) is 3.61. The highest BCUT2D eigenvalue weighted by Gasteiger charge is 2.11. The largest absolute Gasteiger partial charge is 0.323 e. The van der Waals surface area contributed by atoms with Crippen molar-refractivity contribution >= 4 is 34.8 Å². The first-order chi connectivity index (χ1) is 11.5. The molecule has 0 radical (unpaired) electrons. The first kappa shape index (κ1) is 16.4. The molecule has 1 heterocycles. The van der Waals surface area contributed by atoms with Gasteiger partial charge in [0, 0.05) is 10.6 Å². The van der Waals surface area contributed by atoms with Crippen LogP contribution in [0.5, 0.6) is 0 Å². The molecular weight excluding hydrogens is 356 g/mol. The van der Waals surface area contributed by atoms with Crippen LogP contribution in [0.3, 0.4) is 0 Å². The van der Waals surface area contributed by atoms with Crippen molar-refractivity contribution in [3.63, 3.8) is 0 Å². The molecule has 3 rings (SSSR count). The van der Waals surface area contributed by atoms with Crippen LogP contribution < -0.4 is 5.32 Å². The number of nitrogens with zero attached hydrogens (tertiary/aromatic N) is 4. The summed E-state index contributed by atoms with van der Waals surface area (Å²) >= 11 is 11.9. The molecule has 2 aromatic carbocycles. The molecule has 0 atom stereocenters. The van der Waals surface area contributed by atoms with Crippen molar-refractivity contribution in [1.82, 2.24) is 20.2 Å². The zero-order valence-electron chi connectivity index (χ0n) is 12.1. The Morgan fingerprint density at radius 2 is 1.92 bits per heavy atom. The Morgan fingerprint density at radius 3 is 2.67 bits per heavy atom. The van der Waals surface area contributed by atoms with Crippen molar-refractivity contribution in [2.75, 3.05) is 5.32 Å². The Morgan fingerprint density at radius 1 is 1.17 bits per heavy atom. The third-order valence-electron chi connectivity index (χ3n) is 3.04. The minimum absolute atomic E-state index is 0.156. The predicted octanol–water partition coefficient (Wildman–Crippen LogP) is 3.42. The average molecular weight is 366 g/mol. The Balaban J connectivity index is 1.69. The van der Waals surface area contributed by atoms with Crippen molar-refractivity contribution in [3.05, 3.63) is 58.3 Å². The molecule has 0 saturated carbocycles. The van der Waals surface area contributed by atoms with E-state index >= 15 is 0 Å². The highest BCUT2D eigenvalue weighted by molar-refractivity contribution is 6.35. The molecule has 3 aromatic rings. The van der Waals surface area contributed by atoms with Crippen LogP contribution in [-0.2, 0) is 11.3 Å². The van der Waals surface area contributed by atoms with E-state index in [0.717, 1.165) is 4.80 Å². The second-order valence-corrected chi connectivity index (χ2v) is 5.67. The van der Waals surface area contributed by atoms with Crippen LogP contribution >= 0.6 is 23.2 Å². The van der Waals surface area contributed by atoms with Gasteiger partial charge in [-0.15, -0.1) is 10.2 Å². The van der Waals surface area contributed by atoms with Gasteiger partial charge in [-0.2, -0.15) is 4.80 Å². The van der Waals surface area contributed by atoms with E-state index in [1.54, 1.807) is 18.2 Å². The molecule has 0 saturated heterocycles. The highest BCUT2D eigenvalue weighted by atomic mass is 35.5. The molecule has 0 aliphatic carbocycles. The van der Waals surface area contributed by atoms with Crippen LogP contribution in [0.15, 0.2) is 42.5 Å². The van der Waals surface area contributed by atoms with Crippen LogP contribution in [0.1, 0.15) is 0 Å². The molecule has 0 fully saturated rings. The van der Waals surface area contributed by atoms with E-state index in [0.29, 0.717) is 27.1 Å². The molecule has 0 aliphatic rings. The minimum atomic E-state index is -0.387. The number of rotatable bonds is 4. The van der Waals surface area contributed by atoms with Gasteiger partial charge < -0.3 is 5.32 Å². The fourth-order valence-corrected chi connectivity index (χ4v) is 2.27. The quantitative estimate of drug-likeness (QED) is 0.768. The molecular formula is C15H10Cl2FN5O. The first-order valence-electron chi connectivity index (χ1n) is 6.80. The van der Waals surface area contributed by atoms with Gasteiger partial charge in [-0.1, -0.05) is 23.2 Å². The first-order valence-corrected chi connectivity index (χ1v) is 7.55. The summed E-state index contributed by atoms with van der Waals surface area (Å²) in [5.41, 5.74) is 0.994. The number of anilines is 1. The monoisotopic (exact) mass is 365 g/mol. The number of nitrogens with one attached hydrogen (secondary N) is 1. The number of halogens is 3. The maximum atomic E-state index is 12.9. The topological polar surface area (TPSA) is 72.7 Å². The smallest absolute Gasteiger partial charge is 0.248 e. The Hall–Kier alpha value is -2.51. The fourth-order valence-electron chi connectivity index (χ4n) is 1.94. The molecule has 0 bridgehead atoms. The summed E-state index contributed by atoms with van der Waals surface area (Å²) in [5.74, 6) is -0.449. The van der Waals surface area contributed by atoms with Crippen LogP contribution in [0.2, 0.25) is 10.0 Å². The van der Waals surface area contributed by atoms with Gasteiger partial charge in [-0.05, 0) is 47.7 Å². The van der Waals surface area contributed by atoms with Crippen LogP contribution in [0.4, 0.5) is 10.1 Å². The van der Waals surface area contributed by atoms with Crippen molar-refractivity contribution < 1.29 is 9.18 Å². The van der Waals surface area contributed by atoms with E-state index in [4.69, 9.17) is 23.2 Å². The highest BCUT2D eigenvalue weighted by Crippen LogP contribution is 2.25. The Kier molecular flexibility index (Phi) is 4.73. The molecule has 6 nitrogen and oxygen atoms in total. The summed E-state index contributed by atoms with van der Waals surface area (Å²) in [5, 5.41) is 15.2. The fraction of sp³-hybridized carbons (Fsp3) is 0.0667. The van der Waals surface area contributed by atoms with Gasteiger partial charge in [0.25, 0.3) is 0 Å². The van der Waals surface area contributed by atoms with E-state index in [2.05, 4.69) is 20.7 Å². The summed E-state index contributed by atoms with van der Waals surface area (Å²) < 4.78 is 12.9. The number of hydrogen-bond donors (Lipinski definition) is 1. The van der Waals surface area contributed by atoms with Gasteiger partial charge in [0.05, 0.1) is 10.7 Å². The summed E-state index contributed by atoms with van der Waals surface area (Å²) in [6.07, 6.45) is 0. The molecule has 1 aromatic heterocycles. The molecule has 0 unspecified atom stereocenters. The molecule has 0 aliphatic heterocycles. The van der Waals surface area contributed by atoms with E-state index in [1.807, 2.05) is 0 Å². The Labute approximate surface area is 146 Å². The number of tetrazole rings is 1. The zero-order chi connectivity index (χ0) is 17.1. The number of carbonyl (C=O) groups is 1. The summed E-state index contributed by atoms with van der Waals surface area (Å²) in [4.78, 5) is 13.2. The van der Waals surface area contributed by atoms with Crippen molar-refractivity contribution in [3.8, 4) is 11.4 Å². The van der Waals surface area contributed by atoms with Gasteiger partial charge in [0.15, 0.2) is 0 Å². The van der Waals surface area contributed by atoms with Gasteiger partial charge in [-0.3, -0.25) is 4.79 Å². The maximum absolute atomic E-state index is 12.9.